The minimum Gasteiger partial charge on any atom is -0.497 e. The molecular formula is C22H27N3O4. The van der Waals surface area contributed by atoms with Gasteiger partial charge in [0.2, 0.25) is 11.8 Å². The van der Waals surface area contributed by atoms with E-state index in [1.165, 1.54) is 7.11 Å². The smallest absolute Gasteiger partial charge is 0.255 e. The van der Waals surface area contributed by atoms with Crippen LogP contribution in [0.5, 0.6) is 5.75 Å². The van der Waals surface area contributed by atoms with Crippen molar-refractivity contribution in [1.29, 1.82) is 0 Å². The average molecular weight is 397 g/mol. The number of hydrogen-bond acceptors (Lipinski definition) is 4. The molecule has 0 aliphatic heterocycles. The van der Waals surface area contributed by atoms with Gasteiger partial charge in [-0.25, -0.2) is 0 Å². The zero-order valence-corrected chi connectivity index (χ0v) is 17.3. The highest BCUT2D eigenvalue weighted by atomic mass is 16.5. The largest absolute Gasteiger partial charge is 0.497 e. The number of hydrogen-bond donors (Lipinski definition) is 3. The van der Waals surface area contributed by atoms with Gasteiger partial charge >= 0.3 is 0 Å². The van der Waals surface area contributed by atoms with E-state index < -0.39 is 0 Å². The molecule has 7 nitrogen and oxygen atoms in total. The number of amides is 3. The molecule has 0 radical (unpaired) electrons. The number of rotatable bonds is 7. The fraction of sp³-hybridized carbons (Fsp3) is 0.318. The normalized spacial score (nSPS) is 10.6. The van der Waals surface area contributed by atoms with Gasteiger partial charge in [-0.3, -0.25) is 14.4 Å². The van der Waals surface area contributed by atoms with E-state index in [0.717, 1.165) is 0 Å². The summed E-state index contributed by atoms with van der Waals surface area (Å²) < 4.78 is 5.20. The maximum absolute atomic E-state index is 12.6. The molecule has 0 aliphatic carbocycles. The predicted molar refractivity (Wildman–Crippen MR) is 114 cm³/mol. The van der Waals surface area contributed by atoms with E-state index >= 15 is 0 Å². The predicted octanol–water partition coefficient (Wildman–Crippen LogP) is 4.14. The van der Waals surface area contributed by atoms with Crippen LogP contribution in [-0.2, 0) is 9.59 Å². The molecule has 0 heterocycles. The Bertz CT molecular complexity index is 889. The van der Waals surface area contributed by atoms with Crippen LogP contribution in [0.25, 0.3) is 0 Å². The van der Waals surface area contributed by atoms with E-state index in [2.05, 4.69) is 16.0 Å². The van der Waals surface area contributed by atoms with Crippen LogP contribution in [0.1, 0.15) is 38.1 Å². The van der Waals surface area contributed by atoms with Crippen molar-refractivity contribution in [3.8, 4) is 5.75 Å². The Balaban J connectivity index is 2.17. The number of carbonyl (C=O) groups excluding carboxylic acids is 3. The Morgan fingerprint density at radius 3 is 1.90 bits per heavy atom. The SMILES string of the molecule is COc1ccc(NC(=O)c2ccc(NC(=O)C(C)C)cc2)c(NC(=O)C(C)C)c1. The summed E-state index contributed by atoms with van der Waals surface area (Å²) in [5.41, 5.74) is 1.96. The van der Waals surface area contributed by atoms with Gasteiger partial charge in [0.05, 0.1) is 18.5 Å². The van der Waals surface area contributed by atoms with Gasteiger partial charge in [-0.05, 0) is 36.4 Å². The first-order chi connectivity index (χ1) is 13.7. The van der Waals surface area contributed by atoms with E-state index in [0.29, 0.717) is 28.4 Å². The van der Waals surface area contributed by atoms with Crippen LogP contribution in [0.15, 0.2) is 42.5 Å². The maximum Gasteiger partial charge on any atom is 0.255 e. The number of methoxy groups -OCH3 is 1. The van der Waals surface area contributed by atoms with E-state index in [1.54, 1.807) is 56.3 Å². The summed E-state index contributed by atoms with van der Waals surface area (Å²) in [7, 11) is 1.53. The zero-order valence-electron chi connectivity index (χ0n) is 17.3. The van der Waals surface area contributed by atoms with Crippen molar-refractivity contribution in [1.82, 2.24) is 0 Å². The quantitative estimate of drug-likeness (QED) is 0.654. The molecule has 2 aromatic carbocycles. The second-order valence-corrected chi connectivity index (χ2v) is 7.23. The molecule has 2 rings (SSSR count). The lowest BCUT2D eigenvalue weighted by Gasteiger charge is -2.15. The topological polar surface area (TPSA) is 96.5 Å². The lowest BCUT2D eigenvalue weighted by Crippen LogP contribution is -2.20. The van der Waals surface area contributed by atoms with Crippen molar-refractivity contribution in [3.05, 3.63) is 48.0 Å². The molecule has 154 valence electrons. The zero-order chi connectivity index (χ0) is 21.6. The average Bonchev–Trinajstić information content (AvgIpc) is 2.69. The lowest BCUT2D eigenvalue weighted by atomic mass is 10.1. The Labute approximate surface area is 170 Å². The van der Waals surface area contributed by atoms with Crippen molar-refractivity contribution >= 4 is 34.8 Å². The maximum atomic E-state index is 12.6. The Hall–Kier alpha value is -3.35. The number of ether oxygens (including phenoxy) is 1. The van der Waals surface area contributed by atoms with Gasteiger partial charge in [-0.2, -0.15) is 0 Å². The van der Waals surface area contributed by atoms with Gasteiger partial charge < -0.3 is 20.7 Å². The molecule has 0 saturated carbocycles. The Morgan fingerprint density at radius 1 is 0.759 bits per heavy atom. The van der Waals surface area contributed by atoms with Crippen LogP contribution in [0.3, 0.4) is 0 Å². The number of carbonyl (C=O) groups is 3. The van der Waals surface area contributed by atoms with Crippen molar-refractivity contribution in [2.75, 3.05) is 23.1 Å². The Kier molecular flexibility index (Phi) is 7.36. The minimum atomic E-state index is -0.336. The summed E-state index contributed by atoms with van der Waals surface area (Å²) in [5.74, 6) is -0.375. The second kappa shape index (κ2) is 9.73. The highest BCUT2D eigenvalue weighted by Crippen LogP contribution is 2.28. The van der Waals surface area contributed by atoms with E-state index in [9.17, 15) is 14.4 Å². The highest BCUT2D eigenvalue weighted by Gasteiger charge is 2.14. The third-order valence-electron chi connectivity index (χ3n) is 4.20. The summed E-state index contributed by atoms with van der Waals surface area (Å²) in [6.45, 7) is 7.18. The number of nitrogens with one attached hydrogen (secondary N) is 3. The van der Waals surface area contributed by atoms with Crippen LogP contribution in [0, 0.1) is 11.8 Å². The number of benzene rings is 2. The molecule has 0 fully saturated rings. The molecule has 2 aromatic rings. The fourth-order valence-corrected chi connectivity index (χ4v) is 2.33. The van der Waals surface area contributed by atoms with Crippen molar-refractivity contribution < 1.29 is 19.1 Å². The summed E-state index contributed by atoms with van der Waals surface area (Å²) in [6, 6.07) is 11.6. The third-order valence-corrected chi connectivity index (χ3v) is 4.20. The standard InChI is InChI=1S/C22H27N3O4/c1-13(2)20(26)23-16-8-6-15(7-9-16)22(28)24-18-11-10-17(29-5)12-19(18)25-21(27)14(3)4/h6-14H,1-5H3,(H,23,26)(H,24,28)(H,25,27). The van der Waals surface area contributed by atoms with E-state index in [1.807, 2.05) is 13.8 Å². The summed E-state index contributed by atoms with van der Waals surface area (Å²) in [6.07, 6.45) is 0. The van der Waals surface area contributed by atoms with Crippen LogP contribution >= 0.6 is 0 Å². The first-order valence-electron chi connectivity index (χ1n) is 9.42. The molecule has 0 aromatic heterocycles. The first-order valence-corrected chi connectivity index (χ1v) is 9.42. The molecule has 0 aliphatic rings. The summed E-state index contributed by atoms with van der Waals surface area (Å²) >= 11 is 0. The molecular weight excluding hydrogens is 370 g/mol. The van der Waals surface area contributed by atoms with E-state index in [-0.39, 0.29) is 29.6 Å². The van der Waals surface area contributed by atoms with Crippen LogP contribution < -0.4 is 20.7 Å². The number of anilines is 3. The third kappa shape index (κ3) is 6.07. The fourth-order valence-electron chi connectivity index (χ4n) is 2.33. The minimum absolute atomic E-state index is 0.0917. The van der Waals surface area contributed by atoms with Crippen molar-refractivity contribution in [2.45, 2.75) is 27.7 Å². The van der Waals surface area contributed by atoms with Gasteiger partial charge in [0.15, 0.2) is 0 Å². The van der Waals surface area contributed by atoms with Gasteiger partial charge in [-0.1, -0.05) is 27.7 Å². The monoisotopic (exact) mass is 397 g/mol. The second-order valence-electron chi connectivity index (χ2n) is 7.23. The van der Waals surface area contributed by atoms with Crippen molar-refractivity contribution in [3.63, 3.8) is 0 Å². The molecule has 7 heteroatoms. The molecule has 29 heavy (non-hydrogen) atoms. The molecule has 0 saturated heterocycles. The van der Waals surface area contributed by atoms with Crippen LogP contribution in [0.2, 0.25) is 0 Å². The molecule has 0 unspecified atom stereocenters. The van der Waals surface area contributed by atoms with Gasteiger partial charge in [0.25, 0.3) is 5.91 Å². The molecule has 3 amide bonds. The molecule has 0 atom stereocenters. The first kappa shape index (κ1) is 21.9. The summed E-state index contributed by atoms with van der Waals surface area (Å²) in [5, 5.41) is 8.39. The molecule has 0 bridgehead atoms. The highest BCUT2D eigenvalue weighted by molar-refractivity contribution is 6.07. The van der Waals surface area contributed by atoms with E-state index in [4.69, 9.17) is 4.74 Å². The Morgan fingerprint density at radius 2 is 1.34 bits per heavy atom. The van der Waals surface area contributed by atoms with Crippen molar-refractivity contribution in [2.24, 2.45) is 11.8 Å². The molecule has 0 spiro atoms. The molecule has 3 N–H and O–H groups in total. The van der Waals surface area contributed by atoms with Gasteiger partial charge in [-0.15, -0.1) is 0 Å². The summed E-state index contributed by atoms with van der Waals surface area (Å²) in [4.78, 5) is 36.5. The van der Waals surface area contributed by atoms with Crippen LogP contribution in [0.4, 0.5) is 17.1 Å². The lowest BCUT2D eigenvalue weighted by molar-refractivity contribution is -0.119. The van der Waals surface area contributed by atoms with Gasteiger partial charge in [0, 0.05) is 29.2 Å². The van der Waals surface area contributed by atoms with Gasteiger partial charge in [0.1, 0.15) is 5.75 Å². The van der Waals surface area contributed by atoms with Crippen LogP contribution in [-0.4, -0.2) is 24.8 Å².